The van der Waals surface area contributed by atoms with Gasteiger partial charge in [-0.1, -0.05) is 18.2 Å². The van der Waals surface area contributed by atoms with Crippen LogP contribution in [-0.4, -0.2) is 23.0 Å². The Hall–Kier alpha value is -3.15. The van der Waals surface area contributed by atoms with Crippen molar-refractivity contribution in [3.63, 3.8) is 0 Å². The zero-order chi connectivity index (χ0) is 17.3. The Balaban J connectivity index is 1.88. The highest BCUT2D eigenvalue weighted by molar-refractivity contribution is 6.14. The van der Waals surface area contributed by atoms with E-state index in [2.05, 4.69) is 0 Å². The van der Waals surface area contributed by atoms with Crippen LogP contribution in [0.3, 0.4) is 0 Å². The lowest BCUT2D eigenvalue weighted by Crippen LogP contribution is -2.22. The molecule has 0 saturated heterocycles. The van der Waals surface area contributed by atoms with Crippen molar-refractivity contribution >= 4 is 17.8 Å². The molecule has 3 rings (SSSR count). The predicted molar refractivity (Wildman–Crippen MR) is 83.5 cm³/mol. The van der Waals surface area contributed by atoms with Crippen molar-refractivity contribution in [1.29, 1.82) is 0 Å². The lowest BCUT2D eigenvalue weighted by molar-refractivity contribution is -0.144. The van der Waals surface area contributed by atoms with Crippen LogP contribution in [0.25, 0.3) is 6.08 Å². The summed E-state index contributed by atoms with van der Waals surface area (Å²) in [6.45, 7) is 1.39. The molecule has 1 aliphatic rings. The maximum absolute atomic E-state index is 13.7. The first kappa shape index (κ1) is 15.7. The van der Waals surface area contributed by atoms with Crippen LogP contribution in [0.5, 0.6) is 11.5 Å². The van der Waals surface area contributed by atoms with Crippen molar-refractivity contribution in [2.45, 2.75) is 13.0 Å². The molecule has 1 atom stereocenters. The summed E-state index contributed by atoms with van der Waals surface area (Å²) in [5.74, 6) is -1.42. The van der Waals surface area contributed by atoms with Crippen LogP contribution in [0, 0.1) is 5.82 Å². The molecule has 0 saturated carbocycles. The first-order valence-corrected chi connectivity index (χ1v) is 7.18. The van der Waals surface area contributed by atoms with Gasteiger partial charge in [-0.2, -0.15) is 0 Å². The second-order valence-corrected chi connectivity index (χ2v) is 5.22. The number of allylic oxidation sites excluding steroid dienone is 1. The average molecular weight is 328 g/mol. The van der Waals surface area contributed by atoms with Crippen molar-refractivity contribution in [3.8, 4) is 11.5 Å². The number of hydrogen-bond acceptors (Lipinski definition) is 4. The summed E-state index contributed by atoms with van der Waals surface area (Å²) >= 11 is 0. The molecule has 2 aromatic rings. The molecular formula is C18H13FO5. The Kier molecular flexibility index (Phi) is 4.04. The van der Waals surface area contributed by atoms with Crippen molar-refractivity contribution in [2.24, 2.45) is 0 Å². The summed E-state index contributed by atoms with van der Waals surface area (Å²) in [6.07, 6.45) is 0.298. The first-order valence-electron chi connectivity index (χ1n) is 7.18. The van der Waals surface area contributed by atoms with Gasteiger partial charge >= 0.3 is 5.97 Å². The number of aliphatic carboxylic acids is 1. The maximum atomic E-state index is 13.7. The topological polar surface area (TPSA) is 72.8 Å². The summed E-state index contributed by atoms with van der Waals surface area (Å²) in [4.78, 5) is 23.1. The number of halogens is 1. The minimum absolute atomic E-state index is 0.00136. The third-order valence-corrected chi connectivity index (χ3v) is 3.49. The van der Waals surface area contributed by atoms with Crippen LogP contribution in [0.1, 0.15) is 22.8 Å². The summed E-state index contributed by atoms with van der Waals surface area (Å²) in [5, 5.41) is 8.86. The SMILES string of the molecule is C[C@H](Oc1ccc2c(c1)O/C(=C\c1ccccc1F)C2=O)C(=O)O. The van der Waals surface area contributed by atoms with Crippen LogP contribution >= 0.6 is 0 Å². The van der Waals surface area contributed by atoms with E-state index >= 15 is 0 Å². The summed E-state index contributed by atoms with van der Waals surface area (Å²) in [7, 11) is 0. The normalized spacial score (nSPS) is 15.8. The Labute approximate surface area is 136 Å². The largest absolute Gasteiger partial charge is 0.479 e. The molecule has 5 nitrogen and oxygen atoms in total. The van der Waals surface area contributed by atoms with Gasteiger partial charge in [0.2, 0.25) is 5.78 Å². The van der Waals surface area contributed by atoms with Crippen LogP contribution in [0.2, 0.25) is 0 Å². The maximum Gasteiger partial charge on any atom is 0.344 e. The summed E-state index contributed by atoms with van der Waals surface area (Å²) < 4.78 is 24.4. The Morgan fingerprint density at radius 3 is 2.75 bits per heavy atom. The Bertz CT molecular complexity index is 856. The number of hydrogen-bond donors (Lipinski definition) is 1. The molecule has 6 heteroatoms. The highest BCUT2D eigenvalue weighted by Crippen LogP contribution is 2.35. The van der Waals surface area contributed by atoms with Crippen LogP contribution in [0.15, 0.2) is 48.2 Å². The second kappa shape index (κ2) is 6.16. The fourth-order valence-electron chi connectivity index (χ4n) is 2.23. The molecular weight excluding hydrogens is 315 g/mol. The second-order valence-electron chi connectivity index (χ2n) is 5.22. The Morgan fingerprint density at radius 2 is 2.04 bits per heavy atom. The van der Waals surface area contributed by atoms with E-state index in [-0.39, 0.29) is 28.6 Å². The molecule has 2 aromatic carbocycles. The molecule has 0 spiro atoms. The molecule has 122 valence electrons. The van der Waals surface area contributed by atoms with E-state index in [4.69, 9.17) is 14.6 Å². The fraction of sp³-hybridized carbons (Fsp3) is 0.111. The quantitative estimate of drug-likeness (QED) is 0.872. The van der Waals surface area contributed by atoms with Crippen molar-refractivity contribution in [2.75, 3.05) is 0 Å². The molecule has 0 radical (unpaired) electrons. The van der Waals surface area contributed by atoms with Crippen molar-refractivity contribution < 1.29 is 28.6 Å². The summed E-state index contributed by atoms with van der Waals surface area (Å²) in [5.41, 5.74) is 0.553. The van der Waals surface area contributed by atoms with Crippen molar-refractivity contribution in [1.82, 2.24) is 0 Å². The van der Waals surface area contributed by atoms with E-state index in [0.29, 0.717) is 5.56 Å². The molecule has 0 aliphatic carbocycles. The highest BCUT2D eigenvalue weighted by Gasteiger charge is 2.28. The molecule has 1 heterocycles. The van der Waals surface area contributed by atoms with Gasteiger partial charge < -0.3 is 14.6 Å². The predicted octanol–water partition coefficient (Wildman–Crippen LogP) is 3.29. The zero-order valence-corrected chi connectivity index (χ0v) is 12.7. The molecule has 0 unspecified atom stereocenters. The number of ketones is 1. The molecule has 24 heavy (non-hydrogen) atoms. The van der Waals surface area contributed by atoms with Gasteiger partial charge in [0.1, 0.15) is 17.3 Å². The molecule has 1 N–H and O–H groups in total. The van der Waals surface area contributed by atoms with Gasteiger partial charge in [0.15, 0.2) is 11.9 Å². The van der Waals surface area contributed by atoms with Gasteiger partial charge in [0, 0.05) is 11.6 Å². The number of Topliss-reactive ketones (excluding diaryl/α,β-unsaturated/α-hetero) is 1. The van der Waals surface area contributed by atoms with Gasteiger partial charge in [-0.05, 0) is 31.2 Å². The van der Waals surface area contributed by atoms with E-state index in [0.717, 1.165) is 0 Å². The van der Waals surface area contributed by atoms with Gasteiger partial charge in [0.25, 0.3) is 0 Å². The number of carbonyl (C=O) groups excluding carboxylic acids is 1. The minimum atomic E-state index is -1.10. The van der Waals surface area contributed by atoms with E-state index in [1.807, 2.05) is 0 Å². The molecule has 0 fully saturated rings. The van der Waals surface area contributed by atoms with Gasteiger partial charge in [-0.3, -0.25) is 4.79 Å². The third-order valence-electron chi connectivity index (χ3n) is 3.49. The third kappa shape index (κ3) is 2.99. The van der Waals surface area contributed by atoms with Crippen LogP contribution < -0.4 is 9.47 Å². The monoisotopic (exact) mass is 328 g/mol. The van der Waals surface area contributed by atoms with E-state index < -0.39 is 17.9 Å². The summed E-state index contributed by atoms with van der Waals surface area (Å²) in [6, 6.07) is 10.4. The van der Waals surface area contributed by atoms with Crippen LogP contribution in [0.4, 0.5) is 4.39 Å². The average Bonchev–Trinajstić information content (AvgIpc) is 2.85. The standard InChI is InChI=1S/C18H13FO5/c1-10(18(21)22)23-12-6-7-13-15(9-12)24-16(17(13)20)8-11-4-2-3-5-14(11)19/h2-10H,1H3,(H,21,22)/b16-8-/t10-/m0/s1. The lowest BCUT2D eigenvalue weighted by Gasteiger charge is -2.10. The van der Waals surface area contributed by atoms with Gasteiger partial charge in [-0.25, -0.2) is 9.18 Å². The Morgan fingerprint density at radius 1 is 1.29 bits per heavy atom. The number of ether oxygens (including phenoxy) is 2. The number of rotatable bonds is 4. The number of carboxylic acid groups (broad SMARTS) is 1. The number of carboxylic acids is 1. The number of fused-ring (bicyclic) bond motifs is 1. The smallest absolute Gasteiger partial charge is 0.344 e. The van der Waals surface area contributed by atoms with Crippen molar-refractivity contribution in [3.05, 3.63) is 65.2 Å². The van der Waals surface area contributed by atoms with Gasteiger partial charge in [0.05, 0.1) is 5.56 Å². The van der Waals surface area contributed by atoms with Gasteiger partial charge in [-0.15, -0.1) is 0 Å². The lowest BCUT2D eigenvalue weighted by atomic mass is 10.1. The van der Waals surface area contributed by atoms with E-state index in [9.17, 15) is 14.0 Å². The first-order chi connectivity index (χ1) is 11.5. The molecule has 0 bridgehead atoms. The number of benzene rings is 2. The highest BCUT2D eigenvalue weighted by atomic mass is 19.1. The van der Waals surface area contributed by atoms with Crippen LogP contribution in [-0.2, 0) is 4.79 Å². The molecule has 0 aromatic heterocycles. The molecule has 1 aliphatic heterocycles. The van der Waals surface area contributed by atoms with E-state index in [1.165, 1.54) is 43.3 Å². The zero-order valence-electron chi connectivity index (χ0n) is 12.7. The number of carbonyl (C=O) groups is 2. The molecule has 0 amide bonds. The fourth-order valence-corrected chi connectivity index (χ4v) is 2.23. The van der Waals surface area contributed by atoms with E-state index in [1.54, 1.807) is 12.1 Å². The minimum Gasteiger partial charge on any atom is -0.479 e.